The highest BCUT2D eigenvalue weighted by Crippen LogP contribution is 2.28. The third-order valence-electron chi connectivity index (χ3n) is 7.48. The summed E-state index contributed by atoms with van der Waals surface area (Å²) in [5, 5.41) is 8.85. The number of anilines is 2. The molecule has 4 aromatic rings. The highest BCUT2D eigenvalue weighted by atomic mass is 32.1. The van der Waals surface area contributed by atoms with E-state index in [0.717, 1.165) is 104 Å². The maximum atomic E-state index is 10.2. The summed E-state index contributed by atoms with van der Waals surface area (Å²) in [6, 6.07) is 2.14. The molecule has 1 amide bonds. The number of aryl methyl sites for hydroxylation is 2. The van der Waals surface area contributed by atoms with Crippen LogP contribution in [0, 0.1) is 12.8 Å². The minimum Gasteiger partial charge on any atom is -0.343 e. The van der Waals surface area contributed by atoms with E-state index in [4.69, 9.17) is 4.98 Å². The Morgan fingerprint density at radius 2 is 1.98 bits per heavy atom. The van der Waals surface area contributed by atoms with Crippen LogP contribution >= 0.6 is 11.5 Å². The monoisotopic (exact) mass is 564 g/mol. The van der Waals surface area contributed by atoms with Crippen LogP contribution in [0.4, 0.5) is 10.8 Å². The Kier molecular flexibility index (Phi) is 9.08. The molecule has 0 radical (unpaired) electrons. The van der Waals surface area contributed by atoms with Gasteiger partial charge in [0.05, 0.1) is 29.5 Å². The van der Waals surface area contributed by atoms with Crippen LogP contribution in [-0.2, 0) is 17.9 Å². The lowest BCUT2D eigenvalue weighted by atomic mass is 10.0. The summed E-state index contributed by atoms with van der Waals surface area (Å²) >= 11 is 1.48. The first kappa shape index (κ1) is 28.2. The number of hydrogen-bond acceptors (Lipinski definition) is 9. The van der Waals surface area contributed by atoms with Crippen molar-refractivity contribution in [1.82, 2.24) is 43.2 Å². The van der Waals surface area contributed by atoms with Crippen molar-refractivity contribution in [3.05, 3.63) is 42.2 Å². The van der Waals surface area contributed by atoms with Gasteiger partial charge in [0.2, 0.25) is 6.41 Å². The number of piperazine rings is 1. The van der Waals surface area contributed by atoms with Gasteiger partial charge in [0.15, 0.2) is 11.5 Å². The van der Waals surface area contributed by atoms with Gasteiger partial charge in [-0.15, -0.1) is 0 Å². The van der Waals surface area contributed by atoms with Crippen molar-refractivity contribution in [2.24, 2.45) is 5.92 Å². The van der Waals surface area contributed by atoms with Crippen molar-refractivity contribution in [3.8, 4) is 11.3 Å². The Morgan fingerprint density at radius 1 is 1.15 bits per heavy atom. The Balaban J connectivity index is 0.000000306. The summed E-state index contributed by atoms with van der Waals surface area (Å²) in [4.78, 5) is 26.1. The number of rotatable bonds is 7. The number of nitrogens with zero attached hydrogens (tertiary/aromatic N) is 9. The van der Waals surface area contributed by atoms with Crippen LogP contribution in [0.3, 0.4) is 0 Å². The molecule has 1 atom stereocenters. The Morgan fingerprint density at radius 3 is 2.70 bits per heavy atom. The number of imidazole rings is 1. The molecule has 2 aliphatic heterocycles. The molecule has 6 rings (SSSR count). The number of likely N-dealkylation sites (N-methyl/N-ethyl adjacent to an activating group) is 1. The molecule has 4 aromatic heterocycles. The molecule has 6 heterocycles. The van der Waals surface area contributed by atoms with Gasteiger partial charge < -0.3 is 15.1 Å². The normalized spacial score (nSPS) is 18.5. The number of hydrogen-bond donors (Lipinski definition) is 1. The van der Waals surface area contributed by atoms with Gasteiger partial charge in [-0.05, 0) is 63.8 Å². The Bertz CT molecular complexity index is 1400. The van der Waals surface area contributed by atoms with Gasteiger partial charge in [-0.3, -0.25) is 18.8 Å². The molecule has 1 unspecified atom stereocenters. The van der Waals surface area contributed by atoms with Crippen molar-refractivity contribution in [2.45, 2.75) is 46.7 Å². The van der Waals surface area contributed by atoms with Gasteiger partial charge in [-0.1, -0.05) is 6.92 Å². The quantitative estimate of drug-likeness (QED) is 0.339. The molecular formula is C28H40N10OS. The maximum Gasteiger partial charge on any atom is 0.209 e. The van der Waals surface area contributed by atoms with E-state index in [9.17, 15) is 4.79 Å². The van der Waals surface area contributed by atoms with E-state index in [2.05, 4.69) is 60.9 Å². The molecule has 0 aliphatic carbocycles. The number of amides is 1. The molecule has 12 heteroatoms. The lowest BCUT2D eigenvalue weighted by molar-refractivity contribution is -0.119. The zero-order valence-electron chi connectivity index (χ0n) is 24.0. The van der Waals surface area contributed by atoms with Gasteiger partial charge in [-0.2, -0.15) is 9.47 Å². The molecule has 0 spiro atoms. The largest absolute Gasteiger partial charge is 0.343 e. The molecular weight excluding hydrogens is 524 g/mol. The first-order valence-electron chi connectivity index (χ1n) is 14.1. The van der Waals surface area contributed by atoms with E-state index < -0.39 is 0 Å². The van der Waals surface area contributed by atoms with Crippen molar-refractivity contribution < 1.29 is 4.79 Å². The minimum absolute atomic E-state index is 0.746. The molecule has 0 saturated carbocycles. The fourth-order valence-corrected chi connectivity index (χ4v) is 5.88. The van der Waals surface area contributed by atoms with E-state index in [1.807, 2.05) is 36.4 Å². The van der Waals surface area contributed by atoms with E-state index in [1.165, 1.54) is 24.4 Å². The van der Waals surface area contributed by atoms with Gasteiger partial charge in [0.25, 0.3) is 0 Å². The highest BCUT2D eigenvalue weighted by molar-refractivity contribution is 7.10. The number of carbonyl (C=O) groups excluding carboxylic acids is 1. The molecule has 2 fully saturated rings. The van der Waals surface area contributed by atoms with Crippen molar-refractivity contribution in [3.63, 3.8) is 0 Å². The number of piperidine rings is 1. The number of nitrogens with one attached hydrogen (secondary N) is 1. The molecule has 2 aliphatic rings. The standard InChI is InChI=1S/C22H28N8S.C6H12N2O/c1-4-29-13-17(9-24-29)19-10-23-22-21(25-16(3)12-30(19)22)26-20-8-18(27-31-20)14-28-7-5-6-15(2)11-28;1-7-2-4-8(6-9)5-3-7/h8-10,12-13,15H,4-7,11,14H2,1-3H3,(H,25,26);6H,2-5H2,1H3. The smallest absolute Gasteiger partial charge is 0.209 e. The third kappa shape index (κ3) is 6.86. The van der Waals surface area contributed by atoms with Gasteiger partial charge in [-0.25, -0.2) is 9.97 Å². The van der Waals surface area contributed by atoms with Crippen molar-refractivity contribution in [2.75, 3.05) is 51.6 Å². The average molecular weight is 565 g/mol. The summed E-state index contributed by atoms with van der Waals surface area (Å²) in [5.74, 6) is 1.52. The van der Waals surface area contributed by atoms with Crippen molar-refractivity contribution >= 4 is 34.4 Å². The third-order valence-corrected chi connectivity index (χ3v) is 8.22. The van der Waals surface area contributed by atoms with Crippen LogP contribution in [0.2, 0.25) is 0 Å². The molecule has 2 saturated heterocycles. The van der Waals surface area contributed by atoms with Gasteiger partial charge >= 0.3 is 0 Å². The molecule has 1 N–H and O–H groups in total. The lowest BCUT2D eigenvalue weighted by Crippen LogP contribution is -2.43. The molecule has 0 bridgehead atoms. The Hall–Kier alpha value is -3.35. The second kappa shape index (κ2) is 12.9. The number of likely N-dealkylation sites (tertiary alicyclic amines) is 1. The molecule has 0 aromatic carbocycles. The first-order chi connectivity index (χ1) is 19.4. The van der Waals surface area contributed by atoms with Crippen LogP contribution in [0.15, 0.2) is 30.9 Å². The SMILES string of the molecule is CCn1cc(-c2cnc3c(Nc4cc(CN5CCCC(C)C5)ns4)nc(C)cn23)cn1.CN1CCN(C=O)CC1. The molecule has 214 valence electrons. The van der Waals surface area contributed by atoms with E-state index in [1.54, 1.807) is 4.90 Å². The number of carbonyl (C=O) groups is 1. The summed E-state index contributed by atoms with van der Waals surface area (Å²) in [6.45, 7) is 14.3. The lowest BCUT2D eigenvalue weighted by Gasteiger charge is -2.30. The van der Waals surface area contributed by atoms with E-state index >= 15 is 0 Å². The maximum absolute atomic E-state index is 10.2. The van der Waals surface area contributed by atoms with Crippen LogP contribution < -0.4 is 5.32 Å². The summed E-state index contributed by atoms with van der Waals surface area (Å²) in [7, 11) is 2.07. The summed E-state index contributed by atoms with van der Waals surface area (Å²) < 4.78 is 8.67. The average Bonchev–Trinajstić information content (AvgIpc) is 3.69. The zero-order valence-corrected chi connectivity index (χ0v) is 24.8. The van der Waals surface area contributed by atoms with Gasteiger partial charge in [0, 0.05) is 63.8 Å². The predicted molar refractivity (Wildman–Crippen MR) is 159 cm³/mol. The van der Waals surface area contributed by atoms with Crippen LogP contribution in [0.1, 0.15) is 38.1 Å². The second-order valence-electron chi connectivity index (χ2n) is 10.9. The fraction of sp³-hybridized carbons (Fsp3) is 0.536. The van der Waals surface area contributed by atoms with Crippen LogP contribution in [0.5, 0.6) is 0 Å². The molecule has 40 heavy (non-hydrogen) atoms. The number of aromatic nitrogens is 6. The Labute approximate surface area is 240 Å². The van der Waals surface area contributed by atoms with Crippen molar-refractivity contribution in [1.29, 1.82) is 0 Å². The van der Waals surface area contributed by atoms with E-state index in [0.29, 0.717) is 0 Å². The number of fused-ring (bicyclic) bond motifs is 1. The minimum atomic E-state index is 0.746. The summed E-state index contributed by atoms with van der Waals surface area (Å²) in [6.07, 6.45) is 11.4. The highest BCUT2D eigenvalue weighted by Gasteiger charge is 2.18. The molecule has 11 nitrogen and oxygen atoms in total. The fourth-order valence-electron chi connectivity index (χ4n) is 5.22. The van der Waals surface area contributed by atoms with Gasteiger partial charge in [0.1, 0.15) is 5.00 Å². The first-order valence-corrected chi connectivity index (χ1v) is 14.9. The van der Waals surface area contributed by atoms with Crippen LogP contribution in [-0.4, -0.2) is 95.9 Å². The van der Waals surface area contributed by atoms with E-state index in [-0.39, 0.29) is 0 Å². The summed E-state index contributed by atoms with van der Waals surface area (Å²) in [5.41, 5.74) is 4.88. The predicted octanol–water partition coefficient (Wildman–Crippen LogP) is 3.74. The topological polar surface area (TPSA) is 99.7 Å². The zero-order chi connectivity index (χ0) is 28.1. The van der Waals surface area contributed by atoms with Crippen LogP contribution in [0.25, 0.3) is 16.9 Å². The second-order valence-corrected chi connectivity index (χ2v) is 11.7.